The summed E-state index contributed by atoms with van der Waals surface area (Å²) in [6.07, 6.45) is 4.60. The number of benzene rings is 1. The van der Waals surface area contributed by atoms with Crippen molar-refractivity contribution in [3.8, 4) is 11.1 Å². The van der Waals surface area contributed by atoms with Gasteiger partial charge < -0.3 is 14.4 Å². The maximum absolute atomic E-state index is 12.4. The van der Waals surface area contributed by atoms with Crippen molar-refractivity contribution in [1.82, 2.24) is 14.8 Å². The quantitative estimate of drug-likeness (QED) is 0.592. The molecule has 2 aliphatic heterocycles. The Morgan fingerprint density at radius 2 is 1.79 bits per heavy atom. The highest BCUT2D eigenvalue weighted by Crippen LogP contribution is 2.27. The van der Waals surface area contributed by atoms with Crippen molar-refractivity contribution in [3.05, 3.63) is 48.3 Å². The minimum absolute atomic E-state index is 0.0314. The molecule has 0 bridgehead atoms. The molecule has 4 rings (SSSR count). The average molecular weight is 488 g/mol. The van der Waals surface area contributed by atoms with Crippen LogP contribution in [0.1, 0.15) is 25.5 Å². The number of sulfone groups is 1. The number of piperidine rings is 1. The molecule has 9 heteroatoms. The van der Waals surface area contributed by atoms with Crippen molar-refractivity contribution in [2.24, 2.45) is 5.41 Å². The van der Waals surface area contributed by atoms with Crippen LogP contribution in [0, 0.1) is 5.41 Å². The Morgan fingerprint density at radius 3 is 2.32 bits per heavy atom. The third kappa shape index (κ3) is 5.95. The van der Waals surface area contributed by atoms with E-state index < -0.39 is 9.84 Å². The van der Waals surface area contributed by atoms with Gasteiger partial charge in [-0.3, -0.25) is 9.88 Å². The summed E-state index contributed by atoms with van der Waals surface area (Å²) >= 11 is 0. The van der Waals surface area contributed by atoms with Gasteiger partial charge in [0.25, 0.3) is 0 Å². The lowest BCUT2D eigenvalue weighted by atomic mass is 9.90. The van der Waals surface area contributed by atoms with Crippen LogP contribution < -0.4 is 0 Å². The van der Waals surface area contributed by atoms with E-state index in [1.165, 1.54) is 6.26 Å². The van der Waals surface area contributed by atoms with E-state index in [-0.39, 0.29) is 11.5 Å². The summed E-state index contributed by atoms with van der Waals surface area (Å²) in [6.45, 7) is 5.89. The van der Waals surface area contributed by atoms with E-state index in [4.69, 9.17) is 9.47 Å². The standard InChI is InChI=1S/C25H33N3O5S/c1-25(16-32-17-25)18-33-24(29)28-12-10-22(11-13-28)27(2)15-21-7-4-20(14-26-21)19-5-8-23(9-6-19)34(3,30)31/h4-9,14,22H,10-13,15-18H2,1-3H3. The number of rotatable bonds is 7. The number of amides is 1. The van der Waals surface area contributed by atoms with Crippen molar-refractivity contribution in [2.75, 3.05) is 46.2 Å². The number of hydrogen-bond donors (Lipinski definition) is 0. The highest BCUT2D eigenvalue weighted by Gasteiger charge is 2.36. The Morgan fingerprint density at radius 1 is 1.15 bits per heavy atom. The Kier molecular flexibility index (Phi) is 7.25. The second-order valence-corrected chi connectivity index (χ2v) is 11.8. The third-order valence-corrected chi connectivity index (χ3v) is 7.77. The molecule has 184 valence electrons. The molecule has 2 saturated heterocycles. The van der Waals surface area contributed by atoms with Gasteiger partial charge in [-0.2, -0.15) is 0 Å². The molecule has 0 aliphatic carbocycles. The fraction of sp³-hybridized carbons (Fsp3) is 0.520. The molecule has 2 aromatic rings. The zero-order chi connectivity index (χ0) is 24.3. The molecule has 0 spiro atoms. The lowest BCUT2D eigenvalue weighted by molar-refractivity contribution is -0.128. The van der Waals surface area contributed by atoms with E-state index in [2.05, 4.69) is 23.9 Å². The number of carbonyl (C=O) groups is 1. The van der Waals surface area contributed by atoms with E-state index in [1.54, 1.807) is 29.2 Å². The second kappa shape index (κ2) is 10.0. The van der Waals surface area contributed by atoms with E-state index in [0.717, 1.165) is 36.2 Å². The van der Waals surface area contributed by atoms with Crippen LogP contribution in [0.2, 0.25) is 0 Å². The molecular formula is C25H33N3O5S. The first-order valence-corrected chi connectivity index (χ1v) is 13.5. The van der Waals surface area contributed by atoms with Gasteiger partial charge in [0.1, 0.15) is 6.61 Å². The van der Waals surface area contributed by atoms with E-state index in [1.807, 2.05) is 18.3 Å². The lowest BCUT2D eigenvalue weighted by Crippen LogP contribution is -2.48. The molecule has 0 unspecified atom stereocenters. The second-order valence-electron chi connectivity index (χ2n) is 9.83. The van der Waals surface area contributed by atoms with Crippen molar-refractivity contribution in [2.45, 2.75) is 37.2 Å². The maximum Gasteiger partial charge on any atom is 0.409 e. The molecule has 0 N–H and O–H groups in total. The van der Waals surface area contributed by atoms with Gasteiger partial charge in [0, 0.05) is 49.1 Å². The van der Waals surface area contributed by atoms with Crippen molar-refractivity contribution in [3.63, 3.8) is 0 Å². The third-order valence-electron chi connectivity index (χ3n) is 6.64. The predicted octanol–water partition coefficient (Wildman–Crippen LogP) is 3.22. The van der Waals surface area contributed by atoms with Crippen LogP contribution in [0.25, 0.3) is 11.1 Å². The molecule has 0 saturated carbocycles. The summed E-state index contributed by atoms with van der Waals surface area (Å²) in [5.41, 5.74) is 2.81. The van der Waals surface area contributed by atoms with Crippen molar-refractivity contribution < 1.29 is 22.7 Å². The number of pyridine rings is 1. The van der Waals surface area contributed by atoms with Crippen molar-refractivity contribution in [1.29, 1.82) is 0 Å². The molecule has 3 heterocycles. The summed E-state index contributed by atoms with van der Waals surface area (Å²) in [5.74, 6) is 0. The topological polar surface area (TPSA) is 89.0 Å². The Bertz CT molecular complexity index is 1090. The van der Waals surface area contributed by atoms with Gasteiger partial charge in [-0.25, -0.2) is 13.2 Å². The maximum atomic E-state index is 12.4. The zero-order valence-electron chi connectivity index (χ0n) is 20.1. The highest BCUT2D eigenvalue weighted by atomic mass is 32.2. The predicted molar refractivity (Wildman–Crippen MR) is 129 cm³/mol. The Labute approximate surface area is 201 Å². The number of ether oxygens (including phenoxy) is 2. The van der Waals surface area contributed by atoms with Crippen LogP contribution >= 0.6 is 0 Å². The summed E-state index contributed by atoms with van der Waals surface area (Å²) in [5, 5.41) is 0. The van der Waals surface area contributed by atoms with Gasteiger partial charge in [0.15, 0.2) is 9.84 Å². The molecule has 1 aromatic heterocycles. The first-order valence-electron chi connectivity index (χ1n) is 11.6. The fourth-order valence-electron chi connectivity index (χ4n) is 4.32. The van der Waals surface area contributed by atoms with Crippen molar-refractivity contribution >= 4 is 15.9 Å². The molecule has 2 fully saturated rings. The van der Waals surface area contributed by atoms with Crippen LogP contribution in [-0.4, -0.2) is 81.6 Å². The molecular weight excluding hydrogens is 454 g/mol. The Hall–Kier alpha value is -2.49. The monoisotopic (exact) mass is 487 g/mol. The van der Waals surface area contributed by atoms with E-state index in [9.17, 15) is 13.2 Å². The number of aromatic nitrogens is 1. The van der Waals surface area contributed by atoms with Crippen LogP contribution in [0.4, 0.5) is 4.79 Å². The van der Waals surface area contributed by atoms with Gasteiger partial charge in [-0.05, 0) is 43.7 Å². The van der Waals surface area contributed by atoms with Gasteiger partial charge in [-0.1, -0.05) is 25.1 Å². The van der Waals surface area contributed by atoms with Crippen LogP contribution in [0.15, 0.2) is 47.5 Å². The van der Waals surface area contributed by atoms with Crippen LogP contribution in [0.3, 0.4) is 0 Å². The number of likely N-dealkylation sites (tertiary alicyclic amines) is 1. The van der Waals surface area contributed by atoms with Gasteiger partial charge in [0.2, 0.25) is 0 Å². The molecule has 8 nitrogen and oxygen atoms in total. The Balaban J connectivity index is 1.25. The summed E-state index contributed by atoms with van der Waals surface area (Å²) in [6, 6.07) is 11.3. The molecule has 1 aromatic carbocycles. The van der Waals surface area contributed by atoms with Gasteiger partial charge in [0.05, 0.1) is 23.8 Å². The largest absolute Gasteiger partial charge is 0.449 e. The smallest absolute Gasteiger partial charge is 0.409 e. The summed E-state index contributed by atoms with van der Waals surface area (Å²) in [7, 11) is -1.11. The molecule has 2 aliphatic rings. The number of carbonyl (C=O) groups excluding carboxylic acids is 1. The van der Waals surface area contributed by atoms with Gasteiger partial charge in [-0.15, -0.1) is 0 Å². The number of nitrogens with zero attached hydrogens (tertiary/aromatic N) is 3. The minimum atomic E-state index is -3.20. The highest BCUT2D eigenvalue weighted by molar-refractivity contribution is 7.90. The van der Waals surface area contributed by atoms with E-state index in [0.29, 0.717) is 43.8 Å². The SMILES string of the molecule is CN(Cc1ccc(-c2ccc(S(C)(=O)=O)cc2)cn1)C1CCN(C(=O)OCC2(C)COC2)CC1. The molecule has 1 amide bonds. The minimum Gasteiger partial charge on any atom is -0.449 e. The van der Waals surface area contributed by atoms with Gasteiger partial charge >= 0.3 is 6.09 Å². The summed E-state index contributed by atoms with van der Waals surface area (Å²) in [4.78, 5) is 21.4. The molecule has 0 radical (unpaired) electrons. The summed E-state index contributed by atoms with van der Waals surface area (Å²) < 4.78 is 34.0. The first kappa shape index (κ1) is 24.6. The van der Waals surface area contributed by atoms with Crippen LogP contribution in [0.5, 0.6) is 0 Å². The molecule has 34 heavy (non-hydrogen) atoms. The van der Waals surface area contributed by atoms with E-state index >= 15 is 0 Å². The zero-order valence-corrected chi connectivity index (χ0v) is 20.9. The first-order chi connectivity index (χ1) is 16.1. The number of hydrogen-bond acceptors (Lipinski definition) is 7. The average Bonchev–Trinajstić information content (AvgIpc) is 2.81. The molecule has 0 atom stereocenters. The van der Waals surface area contributed by atoms with Crippen LogP contribution in [-0.2, 0) is 25.9 Å². The lowest BCUT2D eigenvalue weighted by Gasteiger charge is -2.39. The normalized spacial score (nSPS) is 18.5. The fourth-order valence-corrected chi connectivity index (χ4v) is 4.95.